The molecule has 1 aromatic carbocycles. The summed E-state index contributed by atoms with van der Waals surface area (Å²) in [5.41, 5.74) is 6.97. The Hall–Kier alpha value is -1.75. The van der Waals surface area contributed by atoms with E-state index in [1.54, 1.807) is 7.11 Å². The Kier molecular flexibility index (Phi) is 4.18. The van der Waals surface area contributed by atoms with Gasteiger partial charge in [0, 0.05) is 18.7 Å². The number of hydrogen-bond acceptors (Lipinski definition) is 5. The lowest BCUT2D eigenvalue weighted by molar-refractivity contribution is 0.200. The largest absolute Gasteiger partial charge is 0.496 e. The summed E-state index contributed by atoms with van der Waals surface area (Å²) in [6.45, 7) is 4.61. The molecule has 110 valence electrons. The highest BCUT2D eigenvalue weighted by molar-refractivity contribution is 5.81. The van der Waals surface area contributed by atoms with Crippen LogP contribution in [0.15, 0.2) is 29.3 Å². The van der Waals surface area contributed by atoms with Crippen molar-refractivity contribution >= 4 is 5.96 Å². The van der Waals surface area contributed by atoms with E-state index in [4.69, 9.17) is 10.5 Å². The third-order valence-electron chi connectivity index (χ3n) is 3.88. The van der Waals surface area contributed by atoms with Crippen LogP contribution in [0.4, 0.5) is 0 Å². The zero-order valence-electron chi connectivity index (χ0n) is 12.8. The maximum Gasteiger partial charge on any atom is 0.192 e. The summed E-state index contributed by atoms with van der Waals surface area (Å²) in [5.74, 6) is 1.50. The topological polar surface area (TPSA) is 54.1 Å². The number of ether oxygens (including phenoxy) is 1. The predicted molar refractivity (Wildman–Crippen MR) is 82.1 cm³/mol. The number of likely N-dealkylation sites (N-methyl/N-ethyl adjacent to an activating group) is 1. The van der Waals surface area contributed by atoms with Gasteiger partial charge >= 0.3 is 0 Å². The first kappa shape index (κ1) is 14.7. The Balaban J connectivity index is 2.32. The van der Waals surface area contributed by atoms with Crippen LogP contribution >= 0.6 is 0 Å². The van der Waals surface area contributed by atoms with Crippen molar-refractivity contribution in [3.8, 4) is 5.75 Å². The Morgan fingerprint density at radius 2 is 2.10 bits per heavy atom. The van der Waals surface area contributed by atoms with Crippen LogP contribution in [0.3, 0.4) is 0 Å². The Bertz CT molecular complexity index is 500. The molecule has 0 aromatic heterocycles. The van der Waals surface area contributed by atoms with E-state index in [2.05, 4.69) is 41.9 Å². The monoisotopic (exact) mass is 276 g/mol. The first-order valence-corrected chi connectivity index (χ1v) is 6.85. The van der Waals surface area contributed by atoms with Crippen molar-refractivity contribution in [1.82, 2.24) is 9.80 Å². The summed E-state index contributed by atoms with van der Waals surface area (Å²) in [6.07, 6.45) is 0. The molecule has 0 aliphatic carbocycles. The fourth-order valence-electron chi connectivity index (χ4n) is 2.64. The van der Waals surface area contributed by atoms with Gasteiger partial charge in [0.05, 0.1) is 19.2 Å². The molecule has 5 nitrogen and oxygen atoms in total. The van der Waals surface area contributed by atoms with Crippen molar-refractivity contribution < 1.29 is 4.74 Å². The minimum atomic E-state index is -0.243. The van der Waals surface area contributed by atoms with E-state index >= 15 is 0 Å². The third-order valence-corrected chi connectivity index (χ3v) is 3.88. The van der Waals surface area contributed by atoms with E-state index in [1.165, 1.54) is 0 Å². The van der Waals surface area contributed by atoms with E-state index in [9.17, 15) is 0 Å². The van der Waals surface area contributed by atoms with Crippen molar-refractivity contribution in [2.24, 2.45) is 10.7 Å². The number of nitrogens with zero attached hydrogens (tertiary/aromatic N) is 3. The molecule has 20 heavy (non-hydrogen) atoms. The molecular formula is C15H24N4O. The molecule has 0 amide bonds. The summed E-state index contributed by atoms with van der Waals surface area (Å²) in [7, 11) is 5.82. The Morgan fingerprint density at radius 3 is 2.75 bits per heavy atom. The zero-order chi connectivity index (χ0) is 14.8. The molecule has 1 aliphatic rings. The lowest BCUT2D eigenvalue weighted by atomic mass is 9.90. The molecule has 1 atom stereocenters. The summed E-state index contributed by atoms with van der Waals surface area (Å²) in [4.78, 5) is 8.77. The van der Waals surface area contributed by atoms with Gasteiger partial charge in [0.25, 0.3) is 0 Å². The molecule has 0 radical (unpaired) electrons. The van der Waals surface area contributed by atoms with Gasteiger partial charge in [0.2, 0.25) is 0 Å². The van der Waals surface area contributed by atoms with Crippen molar-refractivity contribution in [2.75, 3.05) is 40.8 Å². The molecule has 0 saturated carbocycles. The zero-order valence-corrected chi connectivity index (χ0v) is 12.8. The van der Waals surface area contributed by atoms with Crippen LogP contribution < -0.4 is 10.5 Å². The van der Waals surface area contributed by atoms with Gasteiger partial charge in [-0.3, -0.25) is 4.99 Å². The highest BCUT2D eigenvalue weighted by Gasteiger charge is 2.41. The standard InChI is InChI=1S/C15H24N4O/c1-15(12-7-5-6-8-13(12)20-4)11-17-14(16)19(15)10-9-18(2)3/h5-8H,9-11H2,1-4H3,(H2,16,17). The number of benzene rings is 1. The molecule has 1 aliphatic heterocycles. The van der Waals surface area contributed by atoms with Crippen molar-refractivity contribution in [3.05, 3.63) is 29.8 Å². The van der Waals surface area contributed by atoms with Crippen LogP contribution in [0.25, 0.3) is 0 Å². The number of methoxy groups -OCH3 is 1. The maximum atomic E-state index is 6.09. The minimum Gasteiger partial charge on any atom is -0.496 e. The molecule has 1 aromatic rings. The average Bonchev–Trinajstić information content (AvgIpc) is 2.73. The van der Waals surface area contributed by atoms with Crippen molar-refractivity contribution in [3.63, 3.8) is 0 Å². The molecule has 2 rings (SSSR count). The first-order valence-electron chi connectivity index (χ1n) is 6.85. The van der Waals surface area contributed by atoms with Crippen LogP contribution in [0, 0.1) is 0 Å². The number of nitrogens with two attached hydrogens (primary N) is 1. The summed E-state index contributed by atoms with van der Waals surface area (Å²) in [5, 5.41) is 0. The van der Waals surface area contributed by atoms with Gasteiger partial charge in [0.15, 0.2) is 5.96 Å². The summed E-state index contributed by atoms with van der Waals surface area (Å²) in [6, 6.07) is 8.09. The van der Waals surface area contributed by atoms with Gasteiger partial charge in [-0.05, 0) is 27.1 Å². The fourth-order valence-corrected chi connectivity index (χ4v) is 2.64. The minimum absolute atomic E-state index is 0.243. The number of guanidine groups is 1. The third kappa shape index (κ3) is 2.58. The quantitative estimate of drug-likeness (QED) is 0.875. The molecule has 0 fully saturated rings. The second-order valence-electron chi connectivity index (χ2n) is 5.60. The summed E-state index contributed by atoms with van der Waals surface area (Å²) >= 11 is 0. The SMILES string of the molecule is COc1ccccc1C1(C)CN=C(N)N1CCN(C)C. The lowest BCUT2D eigenvalue weighted by Crippen LogP contribution is -2.49. The second kappa shape index (κ2) is 5.71. The number of aliphatic imine (C=N–C) groups is 1. The van der Waals surface area contributed by atoms with Gasteiger partial charge in [0.1, 0.15) is 5.75 Å². The molecule has 0 saturated heterocycles. The molecule has 1 heterocycles. The highest BCUT2D eigenvalue weighted by Crippen LogP contribution is 2.37. The predicted octanol–water partition coefficient (Wildman–Crippen LogP) is 1.10. The lowest BCUT2D eigenvalue weighted by Gasteiger charge is -2.38. The number of para-hydroxylation sites is 1. The van der Waals surface area contributed by atoms with Gasteiger partial charge in [-0.25, -0.2) is 0 Å². The van der Waals surface area contributed by atoms with Gasteiger partial charge in [-0.1, -0.05) is 18.2 Å². The smallest absolute Gasteiger partial charge is 0.192 e. The normalized spacial score (nSPS) is 22.2. The van der Waals surface area contributed by atoms with Crippen molar-refractivity contribution in [1.29, 1.82) is 0 Å². The first-order chi connectivity index (χ1) is 9.49. The molecule has 5 heteroatoms. The van der Waals surface area contributed by atoms with Crippen LogP contribution in [0.5, 0.6) is 5.75 Å². The molecule has 0 spiro atoms. The van der Waals surface area contributed by atoms with Gasteiger partial charge in [-0.15, -0.1) is 0 Å². The summed E-state index contributed by atoms with van der Waals surface area (Å²) < 4.78 is 5.50. The maximum absolute atomic E-state index is 6.09. The molecule has 0 bridgehead atoms. The molecule has 2 N–H and O–H groups in total. The van der Waals surface area contributed by atoms with Gasteiger partial charge in [-0.2, -0.15) is 0 Å². The molecule has 1 unspecified atom stereocenters. The number of hydrogen-bond donors (Lipinski definition) is 1. The highest BCUT2D eigenvalue weighted by atomic mass is 16.5. The molecular weight excluding hydrogens is 252 g/mol. The van der Waals surface area contributed by atoms with Crippen LogP contribution in [-0.4, -0.2) is 56.6 Å². The average molecular weight is 276 g/mol. The second-order valence-corrected chi connectivity index (χ2v) is 5.60. The van der Waals surface area contributed by atoms with E-state index in [-0.39, 0.29) is 5.54 Å². The van der Waals surface area contributed by atoms with Crippen LogP contribution in [0.2, 0.25) is 0 Å². The van der Waals surface area contributed by atoms with E-state index in [0.717, 1.165) is 24.4 Å². The van der Waals surface area contributed by atoms with Crippen LogP contribution in [0.1, 0.15) is 12.5 Å². The van der Waals surface area contributed by atoms with Crippen molar-refractivity contribution in [2.45, 2.75) is 12.5 Å². The Morgan fingerprint density at radius 1 is 1.40 bits per heavy atom. The number of rotatable bonds is 5. The Labute approximate surface area is 121 Å². The van der Waals surface area contributed by atoms with E-state index in [1.807, 2.05) is 18.2 Å². The van der Waals surface area contributed by atoms with Crippen LogP contribution in [-0.2, 0) is 5.54 Å². The van der Waals surface area contributed by atoms with Gasteiger partial charge < -0.3 is 20.3 Å². The fraction of sp³-hybridized carbons (Fsp3) is 0.533. The van der Waals surface area contributed by atoms with E-state index in [0.29, 0.717) is 12.5 Å². The van der Waals surface area contributed by atoms with E-state index < -0.39 is 0 Å².